The van der Waals surface area contributed by atoms with Gasteiger partial charge < -0.3 is 14.8 Å². The number of hydrogen-bond acceptors (Lipinski definition) is 3. The Morgan fingerprint density at radius 1 is 1.33 bits per heavy atom. The van der Waals surface area contributed by atoms with Crippen LogP contribution in [0.3, 0.4) is 0 Å². The Morgan fingerprint density at radius 3 is 2.83 bits per heavy atom. The summed E-state index contributed by atoms with van der Waals surface area (Å²) in [4.78, 5) is 28.1. The van der Waals surface area contributed by atoms with Crippen molar-refractivity contribution < 1.29 is 14.7 Å². The molecule has 1 aliphatic carbocycles. The molecule has 6 nitrogen and oxygen atoms in total. The van der Waals surface area contributed by atoms with Crippen LogP contribution in [0.15, 0.2) is 36.7 Å². The lowest BCUT2D eigenvalue weighted by Crippen LogP contribution is -2.39. The lowest BCUT2D eigenvalue weighted by atomic mass is 9.82. The zero-order valence-electron chi connectivity index (χ0n) is 13.6. The third-order valence-electron chi connectivity index (χ3n) is 4.43. The van der Waals surface area contributed by atoms with Crippen LogP contribution in [0.5, 0.6) is 0 Å². The predicted molar refractivity (Wildman–Crippen MR) is 89.6 cm³/mol. The van der Waals surface area contributed by atoms with E-state index in [0.717, 1.165) is 16.9 Å². The molecular formula is C18H21N3O3. The second kappa shape index (κ2) is 6.86. The van der Waals surface area contributed by atoms with Gasteiger partial charge in [-0.1, -0.05) is 12.2 Å². The minimum Gasteiger partial charge on any atom is -0.481 e. The molecule has 2 aromatic heterocycles. The van der Waals surface area contributed by atoms with Gasteiger partial charge in [-0.3, -0.25) is 9.59 Å². The molecule has 0 fully saturated rings. The fourth-order valence-electron chi connectivity index (χ4n) is 3.08. The highest BCUT2D eigenvalue weighted by Crippen LogP contribution is 2.25. The van der Waals surface area contributed by atoms with Crippen LogP contribution in [0.2, 0.25) is 0 Å². The number of carbonyl (C=O) groups is 2. The molecule has 2 N–H and O–H groups in total. The molecule has 1 aliphatic rings. The SMILES string of the molecule is Cc1ccn2cc(CCNC(=O)[C@H]3CC=CC[C@H]3C(=O)O)nc2c1. The van der Waals surface area contributed by atoms with Gasteiger partial charge in [0.25, 0.3) is 0 Å². The summed E-state index contributed by atoms with van der Waals surface area (Å²) in [6.45, 7) is 2.47. The molecule has 126 valence electrons. The number of fused-ring (bicyclic) bond motifs is 1. The highest BCUT2D eigenvalue weighted by molar-refractivity contribution is 5.85. The standard InChI is InChI=1S/C18H21N3O3/c1-12-7-9-21-11-13(20-16(21)10-12)6-8-19-17(22)14-4-2-3-5-15(14)18(23)24/h2-3,7,9-11,14-15H,4-6,8H2,1H3,(H,19,22)(H,23,24)/t14-,15+/m0/s1. The van der Waals surface area contributed by atoms with Gasteiger partial charge >= 0.3 is 5.97 Å². The first kappa shape index (κ1) is 16.2. The molecular weight excluding hydrogens is 306 g/mol. The molecule has 0 saturated carbocycles. The quantitative estimate of drug-likeness (QED) is 0.823. The molecule has 0 bridgehead atoms. The number of imidazole rings is 1. The molecule has 6 heteroatoms. The molecule has 0 spiro atoms. The van der Waals surface area contributed by atoms with Crippen LogP contribution in [0.1, 0.15) is 24.1 Å². The molecule has 3 rings (SSSR count). The normalized spacial score (nSPS) is 20.2. The third-order valence-corrected chi connectivity index (χ3v) is 4.43. The van der Waals surface area contributed by atoms with E-state index in [1.807, 2.05) is 48.0 Å². The Hall–Kier alpha value is -2.63. The van der Waals surface area contributed by atoms with Gasteiger partial charge in [0.1, 0.15) is 5.65 Å². The number of aryl methyl sites for hydroxylation is 1. The number of allylic oxidation sites excluding steroid dienone is 2. The van der Waals surface area contributed by atoms with Gasteiger partial charge in [-0.2, -0.15) is 0 Å². The summed E-state index contributed by atoms with van der Waals surface area (Å²) in [7, 11) is 0. The molecule has 2 atom stereocenters. The van der Waals surface area contributed by atoms with Crippen LogP contribution in [-0.4, -0.2) is 32.9 Å². The van der Waals surface area contributed by atoms with Crippen molar-refractivity contribution in [2.24, 2.45) is 11.8 Å². The topological polar surface area (TPSA) is 83.7 Å². The summed E-state index contributed by atoms with van der Waals surface area (Å²) < 4.78 is 1.95. The first-order chi connectivity index (χ1) is 11.5. The number of carbonyl (C=O) groups excluding carboxylic acids is 1. The zero-order valence-corrected chi connectivity index (χ0v) is 13.6. The van der Waals surface area contributed by atoms with E-state index in [1.165, 1.54) is 0 Å². The van der Waals surface area contributed by atoms with Gasteiger partial charge in [-0.25, -0.2) is 4.98 Å². The summed E-state index contributed by atoms with van der Waals surface area (Å²) in [5.41, 5.74) is 2.94. The number of rotatable bonds is 5. The van der Waals surface area contributed by atoms with Gasteiger partial charge in [0.15, 0.2) is 0 Å². The van der Waals surface area contributed by atoms with Crippen LogP contribution in [0, 0.1) is 18.8 Å². The summed E-state index contributed by atoms with van der Waals surface area (Å²) >= 11 is 0. The molecule has 2 aromatic rings. The van der Waals surface area contributed by atoms with Crippen LogP contribution in [0.25, 0.3) is 5.65 Å². The van der Waals surface area contributed by atoms with Crippen molar-refractivity contribution in [2.45, 2.75) is 26.2 Å². The first-order valence-corrected chi connectivity index (χ1v) is 8.14. The zero-order chi connectivity index (χ0) is 17.1. The minimum atomic E-state index is -0.907. The maximum atomic E-state index is 12.3. The van der Waals surface area contributed by atoms with E-state index in [1.54, 1.807) is 0 Å². The van der Waals surface area contributed by atoms with E-state index in [4.69, 9.17) is 0 Å². The molecule has 24 heavy (non-hydrogen) atoms. The monoisotopic (exact) mass is 327 g/mol. The van der Waals surface area contributed by atoms with Crippen molar-refractivity contribution in [1.82, 2.24) is 14.7 Å². The van der Waals surface area contributed by atoms with Gasteiger partial charge in [-0.05, 0) is 37.5 Å². The van der Waals surface area contributed by atoms with Crippen molar-refractivity contribution in [2.75, 3.05) is 6.54 Å². The average molecular weight is 327 g/mol. The minimum absolute atomic E-state index is 0.189. The van der Waals surface area contributed by atoms with Gasteiger partial charge in [0.05, 0.1) is 17.5 Å². The van der Waals surface area contributed by atoms with Crippen molar-refractivity contribution in [3.8, 4) is 0 Å². The number of hydrogen-bond donors (Lipinski definition) is 2. The van der Waals surface area contributed by atoms with Gasteiger partial charge in [0.2, 0.25) is 5.91 Å². The largest absolute Gasteiger partial charge is 0.481 e. The second-order valence-corrected chi connectivity index (χ2v) is 6.24. The third kappa shape index (κ3) is 3.48. The van der Waals surface area contributed by atoms with Crippen LogP contribution in [0.4, 0.5) is 0 Å². The Balaban J connectivity index is 1.57. The summed E-state index contributed by atoms with van der Waals surface area (Å²) in [5.74, 6) is -2.22. The molecule has 1 amide bonds. The van der Waals surface area contributed by atoms with E-state index < -0.39 is 17.8 Å². The number of amides is 1. The molecule has 0 saturated heterocycles. The predicted octanol–water partition coefficient (Wildman–Crippen LogP) is 1.97. The van der Waals surface area contributed by atoms with E-state index in [-0.39, 0.29) is 5.91 Å². The van der Waals surface area contributed by atoms with Gasteiger partial charge in [0, 0.05) is 25.4 Å². The fraction of sp³-hybridized carbons (Fsp3) is 0.389. The van der Waals surface area contributed by atoms with E-state index in [0.29, 0.717) is 25.8 Å². The highest BCUT2D eigenvalue weighted by atomic mass is 16.4. The van der Waals surface area contributed by atoms with E-state index in [9.17, 15) is 14.7 Å². The maximum absolute atomic E-state index is 12.3. The molecule has 0 unspecified atom stereocenters. The van der Waals surface area contributed by atoms with Gasteiger partial charge in [-0.15, -0.1) is 0 Å². The second-order valence-electron chi connectivity index (χ2n) is 6.24. The molecule has 0 aliphatic heterocycles. The number of carboxylic acids is 1. The molecule has 2 heterocycles. The van der Waals surface area contributed by atoms with Crippen molar-refractivity contribution in [1.29, 1.82) is 0 Å². The number of nitrogens with zero attached hydrogens (tertiary/aromatic N) is 2. The summed E-state index contributed by atoms with van der Waals surface area (Å²) in [5, 5.41) is 12.1. The number of pyridine rings is 1. The lowest BCUT2D eigenvalue weighted by Gasteiger charge is -2.24. The molecule has 0 aromatic carbocycles. The van der Waals surface area contributed by atoms with Crippen LogP contribution < -0.4 is 5.32 Å². The Kier molecular flexibility index (Phi) is 4.64. The van der Waals surface area contributed by atoms with E-state index in [2.05, 4.69) is 10.3 Å². The smallest absolute Gasteiger partial charge is 0.307 e. The van der Waals surface area contributed by atoms with Crippen molar-refractivity contribution in [3.63, 3.8) is 0 Å². The van der Waals surface area contributed by atoms with Crippen molar-refractivity contribution in [3.05, 3.63) is 47.9 Å². The Morgan fingerprint density at radius 2 is 2.08 bits per heavy atom. The number of carboxylic acid groups (broad SMARTS) is 1. The highest BCUT2D eigenvalue weighted by Gasteiger charge is 2.33. The summed E-state index contributed by atoms with van der Waals surface area (Å²) in [6.07, 6.45) is 9.15. The van der Waals surface area contributed by atoms with Crippen LogP contribution >= 0.6 is 0 Å². The number of nitrogens with one attached hydrogen (secondary N) is 1. The fourth-order valence-corrected chi connectivity index (χ4v) is 3.08. The Bertz CT molecular complexity index is 794. The van der Waals surface area contributed by atoms with Crippen molar-refractivity contribution >= 4 is 17.5 Å². The van der Waals surface area contributed by atoms with Crippen LogP contribution in [-0.2, 0) is 16.0 Å². The number of aromatic nitrogens is 2. The average Bonchev–Trinajstić information content (AvgIpc) is 2.96. The summed E-state index contributed by atoms with van der Waals surface area (Å²) in [6, 6.07) is 4.02. The molecule has 0 radical (unpaired) electrons. The maximum Gasteiger partial charge on any atom is 0.307 e. The van der Waals surface area contributed by atoms with E-state index >= 15 is 0 Å². The number of aliphatic carboxylic acids is 1. The lowest BCUT2D eigenvalue weighted by molar-refractivity contribution is -0.147. The first-order valence-electron chi connectivity index (χ1n) is 8.14. The Labute approximate surface area is 140 Å².